The predicted octanol–water partition coefficient (Wildman–Crippen LogP) is 2.79. The molecular weight excluding hydrogens is 376 g/mol. The van der Waals surface area contributed by atoms with Crippen LogP contribution in [-0.2, 0) is 4.79 Å². The van der Waals surface area contributed by atoms with Crippen LogP contribution in [0.3, 0.4) is 0 Å². The highest BCUT2D eigenvalue weighted by Crippen LogP contribution is 2.36. The molecule has 0 atom stereocenters. The van der Waals surface area contributed by atoms with Crippen molar-refractivity contribution in [3.8, 4) is 5.75 Å². The summed E-state index contributed by atoms with van der Waals surface area (Å²) < 4.78 is 5.05. The van der Waals surface area contributed by atoms with Gasteiger partial charge in [-0.05, 0) is 35.9 Å². The third-order valence-electron chi connectivity index (χ3n) is 4.04. The molecule has 0 radical (unpaired) electrons. The summed E-state index contributed by atoms with van der Waals surface area (Å²) in [7, 11) is 1.49. The fourth-order valence-corrected chi connectivity index (χ4v) is 2.97. The van der Waals surface area contributed by atoms with E-state index in [0.717, 1.165) is 12.1 Å². The second-order valence-corrected chi connectivity index (χ2v) is 5.91. The van der Waals surface area contributed by atoms with Gasteiger partial charge >= 0.3 is 0 Å². The number of amides is 2. The van der Waals surface area contributed by atoms with Crippen molar-refractivity contribution in [3.63, 3.8) is 0 Å². The van der Waals surface area contributed by atoms with Gasteiger partial charge in [-0.2, -0.15) is 0 Å². The first-order chi connectivity index (χ1) is 12.9. The molecule has 0 unspecified atom stereocenters. The number of nitro groups is 1. The van der Waals surface area contributed by atoms with E-state index in [-0.39, 0.29) is 27.3 Å². The number of imide groups is 1. The second kappa shape index (κ2) is 7.00. The molecule has 0 fully saturated rings. The second-order valence-electron chi connectivity index (χ2n) is 5.53. The summed E-state index contributed by atoms with van der Waals surface area (Å²) in [5, 5.41) is 13.5. The Balaban J connectivity index is 2.24. The first-order valence-corrected chi connectivity index (χ1v) is 7.93. The normalized spacial score (nSPS) is 13.6. The van der Waals surface area contributed by atoms with E-state index in [1.807, 2.05) is 0 Å². The minimum absolute atomic E-state index is 0.0413. The average molecular weight is 387 g/mol. The number of rotatable bonds is 5. The van der Waals surface area contributed by atoms with E-state index in [2.05, 4.69) is 5.32 Å². The van der Waals surface area contributed by atoms with Gasteiger partial charge < -0.3 is 4.74 Å². The molecule has 3 rings (SSSR count). The topological polar surface area (TPSA) is 116 Å². The highest BCUT2D eigenvalue weighted by Gasteiger charge is 2.32. The van der Waals surface area contributed by atoms with Gasteiger partial charge in [-0.3, -0.25) is 29.8 Å². The number of hydrogen-bond donors (Lipinski definition) is 1. The molecule has 1 heterocycles. The molecule has 0 spiro atoms. The van der Waals surface area contributed by atoms with Crippen molar-refractivity contribution in [2.45, 2.75) is 0 Å². The summed E-state index contributed by atoms with van der Waals surface area (Å²) in [6.45, 7) is 0. The lowest BCUT2D eigenvalue weighted by molar-refractivity contribution is -0.385. The Morgan fingerprint density at radius 2 is 1.74 bits per heavy atom. The van der Waals surface area contributed by atoms with Gasteiger partial charge in [0.25, 0.3) is 17.5 Å². The molecule has 2 amide bonds. The van der Waals surface area contributed by atoms with Crippen LogP contribution in [0.4, 0.5) is 5.69 Å². The number of aldehydes is 1. The van der Waals surface area contributed by atoms with Gasteiger partial charge in [0.05, 0.1) is 33.8 Å². The monoisotopic (exact) mass is 386 g/mol. The Hall–Kier alpha value is -3.52. The molecule has 1 aliphatic rings. The number of carbonyl (C=O) groups is 3. The van der Waals surface area contributed by atoms with Crippen LogP contribution in [0.15, 0.2) is 36.4 Å². The van der Waals surface area contributed by atoms with Gasteiger partial charge in [-0.1, -0.05) is 11.6 Å². The van der Waals surface area contributed by atoms with Crippen LogP contribution in [0.5, 0.6) is 5.75 Å². The van der Waals surface area contributed by atoms with Crippen molar-refractivity contribution in [2.24, 2.45) is 0 Å². The summed E-state index contributed by atoms with van der Waals surface area (Å²) in [4.78, 5) is 46.0. The fraction of sp³-hybridized carbons (Fsp3) is 0.0556. The number of halogens is 1. The quantitative estimate of drug-likeness (QED) is 0.211. The SMILES string of the molecule is COc1ccc(/C(Cl)=C(\C=O)c2cc3c(cc2[N+](=O)[O-])C(=O)NC3=O)cc1. The lowest BCUT2D eigenvalue weighted by Gasteiger charge is -2.09. The first-order valence-electron chi connectivity index (χ1n) is 7.55. The lowest BCUT2D eigenvalue weighted by atomic mass is 9.97. The van der Waals surface area contributed by atoms with Gasteiger partial charge in [0.1, 0.15) is 5.75 Å². The molecule has 8 nitrogen and oxygen atoms in total. The maximum atomic E-state index is 11.9. The van der Waals surface area contributed by atoms with Crippen LogP contribution in [0.2, 0.25) is 0 Å². The molecule has 0 saturated carbocycles. The number of fused-ring (bicyclic) bond motifs is 1. The minimum atomic E-state index is -0.743. The number of hydrogen-bond acceptors (Lipinski definition) is 6. The maximum Gasteiger partial charge on any atom is 0.278 e. The van der Waals surface area contributed by atoms with Crippen LogP contribution >= 0.6 is 11.6 Å². The Labute approximate surface area is 157 Å². The number of nitrogens with zero attached hydrogens (tertiary/aromatic N) is 1. The number of carbonyl (C=O) groups excluding carboxylic acids is 3. The van der Waals surface area contributed by atoms with Crippen molar-refractivity contribution in [1.82, 2.24) is 5.32 Å². The third-order valence-corrected chi connectivity index (χ3v) is 4.46. The first kappa shape index (κ1) is 18.3. The fourth-order valence-electron chi connectivity index (χ4n) is 2.69. The molecule has 0 saturated heterocycles. The number of allylic oxidation sites excluding steroid dienone is 1. The van der Waals surface area contributed by atoms with Gasteiger partial charge in [-0.25, -0.2) is 0 Å². The molecule has 2 aromatic rings. The predicted molar refractivity (Wildman–Crippen MR) is 96.6 cm³/mol. The Bertz CT molecular complexity index is 1030. The minimum Gasteiger partial charge on any atom is -0.497 e. The molecule has 9 heteroatoms. The number of methoxy groups -OCH3 is 1. The number of nitrogens with one attached hydrogen (secondary N) is 1. The van der Waals surface area contributed by atoms with Crippen molar-refractivity contribution in [3.05, 3.63) is 68.8 Å². The Morgan fingerprint density at radius 1 is 1.15 bits per heavy atom. The molecule has 2 aromatic carbocycles. The van der Waals surface area contributed by atoms with E-state index < -0.39 is 22.4 Å². The summed E-state index contributed by atoms with van der Waals surface area (Å²) in [5.41, 5.74) is -0.592. The summed E-state index contributed by atoms with van der Waals surface area (Å²) in [6.07, 6.45) is 0.371. The number of benzene rings is 2. The van der Waals surface area contributed by atoms with E-state index >= 15 is 0 Å². The van der Waals surface area contributed by atoms with Crippen molar-refractivity contribution < 1.29 is 24.0 Å². The molecule has 0 bridgehead atoms. The number of nitro benzene ring substituents is 1. The molecular formula is C18H11ClN2O6. The largest absolute Gasteiger partial charge is 0.497 e. The van der Waals surface area contributed by atoms with Crippen LogP contribution in [0, 0.1) is 10.1 Å². The Kier molecular flexibility index (Phi) is 4.74. The van der Waals surface area contributed by atoms with Crippen molar-refractivity contribution >= 4 is 46.0 Å². The highest BCUT2D eigenvalue weighted by atomic mass is 35.5. The molecule has 1 N–H and O–H groups in total. The van der Waals surface area contributed by atoms with E-state index in [1.165, 1.54) is 7.11 Å². The van der Waals surface area contributed by atoms with Crippen molar-refractivity contribution in [2.75, 3.05) is 7.11 Å². The van der Waals surface area contributed by atoms with E-state index in [9.17, 15) is 24.5 Å². The molecule has 27 heavy (non-hydrogen) atoms. The van der Waals surface area contributed by atoms with Gasteiger partial charge in [-0.15, -0.1) is 0 Å². The van der Waals surface area contributed by atoms with Gasteiger partial charge in [0.2, 0.25) is 0 Å². The van der Waals surface area contributed by atoms with Crippen LogP contribution in [-0.4, -0.2) is 30.1 Å². The van der Waals surface area contributed by atoms with Crippen molar-refractivity contribution in [1.29, 1.82) is 0 Å². The average Bonchev–Trinajstić information content (AvgIpc) is 2.95. The third kappa shape index (κ3) is 3.18. The molecule has 136 valence electrons. The zero-order valence-corrected chi connectivity index (χ0v) is 14.6. The maximum absolute atomic E-state index is 11.9. The van der Waals surface area contributed by atoms with Crippen LogP contribution < -0.4 is 10.1 Å². The van der Waals surface area contributed by atoms with E-state index in [4.69, 9.17) is 16.3 Å². The smallest absolute Gasteiger partial charge is 0.278 e. The zero-order valence-electron chi connectivity index (χ0n) is 13.8. The number of ether oxygens (including phenoxy) is 1. The van der Waals surface area contributed by atoms with E-state index in [0.29, 0.717) is 17.6 Å². The summed E-state index contributed by atoms with van der Waals surface area (Å²) >= 11 is 6.31. The highest BCUT2D eigenvalue weighted by molar-refractivity contribution is 6.56. The molecule has 0 aromatic heterocycles. The Morgan fingerprint density at radius 3 is 2.26 bits per heavy atom. The molecule has 1 aliphatic heterocycles. The van der Waals surface area contributed by atoms with Crippen LogP contribution in [0.1, 0.15) is 31.8 Å². The van der Waals surface area contributed by atoms with Gasteiger partial charge in [0.15, 0.2) is 6.29 Å². The standard InChI is InChI=1S/C18H11ClN2O6/c1-27-10-4-2-9(3-5-10)16(19)14(8-22)11-6-12-13(7-15(11)21(25)26)18(24)20-17(12)23/h2-8H,1H3,(H,20,23,24)/b16-14-. The van der Waals surface area contributed by atoms with Crippen LogP contribution in [0.25, 0.3) is 10.6 Å². The summed E-state index contributed by atoms with van der Waals surface area (Å²) in [5.74, 6) is -0.867. The van der Waals surface area contributed by atoms with Gasteiger partial charge in [0, 0.05) is 11.6 Å². The summed E-state index contributed by atoms with van der Waals surface area (Å²) in [6, 6.07) is 8.49. The molecule has 0 aliphatic carbocycles. The lowest BCUT2D eigenvalue weighted by Crippen LogP contribution is -2.19. The zero-order chi connectivity index (χ0) is 19.7. The van der Waals surface area contributed by atoms with E-state index in [1.54, 1.807) is 24.3 Å².